The fourth-order valence-corrected chi connectivity index (χ4v) is 2.44. The van der Waals surface area contributed by atoms with Crippen molar-refractivity contribution in [2.75, 3.05) is 6.54 Å². The summed E-state index contributed by atoms with van der Waals surface area (Å²) in [4.78, 5) is 16.2. The van der Waals surface area contributed by atoms with E-state index in [0.29, 0.717) is 11.3 Å². The topological polar surface area (TPSA) is 46.9 Å². The molecule has 0 atom stereocenters. The normalized spacial score (nSPS) is 10.7. The van der Waals surface area contributed by atoms with E-state index in [1.165, 1.54) is 53.5 Å². The molecule has 3 rings (SSSR count). The highest BCUT2D eigenvalue weighted by atomic mass is 19.1. The minimum absolute atomic E-state index is 0.205. The second-order valence-corrected chi connectivity index (χ2v) is 5.41. The number of nitrogens with zero attached hydrogens (tertiary/aromatic N) is 2. The number of halogens is 3. The Morgan fingerprint density at radius 1 is 1.00 bits per heavy atom. The highest BCUT2D eigenvalue weighted by molar-refractivity contribution is 5.93. The molecular formula is C18H14F3N3O. The zero-order chi connectivity index (χ0) is 17.8. The molecule has 0 bridgehead atoms. The van der Waals surface area contributed by atoms with Gasteiger partial charge in [-0.1, -0.05) is 0 Å². The van der Waals surface area contributed by atoms with Crippen molar-refractivity contribution in [1.82, 2.24) is 14.9 Å². The third kappa shape index (κ3) is 4.06. The van der Waals surface area contributed by atoms with Crippen LogP contribution in [-0.2, 0) is 6.42 Å². The number of imidazole rings is 1. The minimum atomic E-state index is -0.657. The Kier molecular flexibility index (Phi) is 4.83. The number of carbonyl (C=O) groups is 1. The van der Waals surface area contributed by atoms with Crippen LogP contribution in [0.2, 0.25) is 0 Å². The number of nitrogens with one attached hydrogen (secondary N) is 1. The second kappa shape index (κ2) is 7.21. The van der Waals surface area contributed by atoms with Gasteiger partial charge in [-0.2, -0.15) is 0 Å². The Morgan fingerprint density at radius 3 is 2.36 bits per heavy atom. The average molecular weight is 345 g/mol. The van der Waals surface area contributed by atoms with Crippen LogP contribution in [0.5, 0.6) is 0 Å². The zero-order valence-corrected chi connectivity index (χ0v) is 13.0. The third-order valence-electron chi connectivity index (χ3n) is 3.60. The highest BCUT2D eigenvalue weighted by Gasteiger charge is 2.13. The quantitative estimate of drug-likeness (QED) is 0.772. The fraction of sp³-hybridized carbons (Fsp3) is 0.111. The summed E-state index contributed by atoms with van der Waals surface area (Å²) in [6, 6.07) is 8.87. The van der Waals surface area contributed by atoms with Gasteiger partial charge in [0.2, 0.25) is 0 Å². The van der Waals surface area contributed by atoms with Gasteiger partial charge in [-0.3, -0.25) is 9.36 Å². The molecule has 1 amide bonds. The molecule has 0 unspecified atom stereocenters. The van der Waals surface area contributed by atoms with E-state index < -0.39 is 17.5 Å². The maximum Gasteiger partial charge on any atom is 0.269 e. The van der Waals surface area contributed by atoms with Crippen LogP contribution in [-0.4, -0.2) is 22.0 Å². The lowest BCUT2D eigenvalue weighted by atomic mass is 10.1. The average Bonchev–Trinajstić information content (AvgIpc) is 3.04. The van der Waals surface area contributed by atoms with Crippen molar-refractivity contribution in [3.63, 3.8) is 0 Å². The summed E-state index contributed by atoms with van der Waals surface area (Å²) in [5.74, 6) is -2.08. The monoisotopic (exact) mass is 345 g/mol. The molecule has 7 heteroatoms. The van der Waals surface area contributed by atoms with Crippen LogP contribution in [0, 0.1) is 17.5 Å². The molecule has 3 aromatic rings. The van der Waals surface area contributed by atoms with E-state index in [1.54, 1.807) is 0 Å². The number of benzene rings is 2. The van der Waals surface area contributed by atoms with E-state index in [0.717, 1.165) is 6.07 Å². The summed E-state index contributed by atoms with van der Waals surface area (Å²) < 4.78 is 40.8. The van der Waals surface area contributed by atoms with Crippen LogP contribution < -0.4 is 5.32 Å². The highest BCUT2D eigenvalue weighted by Crippen LogP contribution is 2.12. The van der Waals surface area contributed by atoms with Gasteiger partial charge in [-0.15, -0.1) is 0 Å². The van der Waals surface area contributed by atoms with Gasteiger partial charge < -0.3 is 5.32 Å². The molecule has 1 heterocycles. The van der Waals surface area contributed by atoms with Gasteiger partial charge >= 0.3 is 0 Å². The van der Waals surface area contributed by atoms with Gasteiger partial charge in [-0.25, -0.2) is 18.2 Å². The molecule has 0 saturated heterocycles. The zero-order valence-electron chi connectivity index (χ0n) is 13.0. The Balaban J connectivity index is 1.66. The standard InChI is InChI=1S/C18H14F3N3O/c19-13-1-3-16(4-2-13)24-11-22-10-17(24)18(25)23-6-5-12-7-14(20)9-15(21)8-12/h1-4,7-11H,5-6H2,(H,23,25). The van der Waals surface area contributed by atoms with Crippen LogP contribution in [0.15, 0.2) is 55.0 Å². The number of rotatable bonds is 5. The van der Waals surface area contributed by atoms with Crippen molar-refractivity contribution in [2.45, 2.75) is 6.42 Å². The Bertz CT molecular complexity index is 871. The molecule has 4 nitrogen and oxygen atoms in total. The molecule has 0 aliphatic rings. The minimum Gasteiger partial charge on any atom is -0.350 e. The van der Waals surface area contributed by atoms with Crippen molar-refractivity contribution in [2.24, 2.45) is 0 Å². The predicted molar refractivity (Wildman–Crippen MR) is 85.9 cm³/mol. The van der Waals surface area contributed by atoms with Gasteiger partial charge in [-0.05, 0) is 48.4 Å². The SMILES string of the molecule is O=C(NCCc1cc(F)cc(F)c1)c1cncn1-c1ccc(F)cc1. The van der Waals surface area contributed by atoms with Gasteiger partial charge in [0.05, 0.1) is 12.5 Å². The Labute approximate surface area is 141 Å². The number of carbonyl (C=O) groups excluding carboxylic acids is 1. The lowest BCUT2D eigenvalue weighted by molar-refractivity contribution is 0.0947. The molecule has 1 N–H and O–H groups in total. The molecule has 0 spiro atoms. The maximum absolute atomic E-state index is 13.1. The van der Waals surface area contributed by atoms with Crippen LogP contribution in [0.4, 0.5) is 13.2 Å². The summed E-state index contributed by atoms with van der Waals surface area (Å²) in [5.41, 5.74) is 1.32. The molecule has 1 aromatic heterocycles. The molecular weight excluding hydrogens is 331 g/mol. The first-order valence-corrected chi connectivity index (χ1v) is 7.54. The van der Waals surface area contributed by atoms with Gasteiger partial charge in [0.15, 0.2) is 0 Å². The number of hydrogen-bond acceptors (Lipinski definition) is 2. The summed E-state index contributed by atoms with van der Waals surface area (Å²) in [7, 11) is 0. The summed E-state index contributed by atoms with van der Waals surface area (Å²) in [6.07, 6.45) is 3.12. The van der Waals surface area contributed by atoms with E-state index in [9.17, 15) is 18.0 Å². The molecule has 2 aromatic carbocycles. The van der Waals surface area contributed by atoms with Crippen molar-refractivity contribution < 1.29 is 18.0 Å². The Morgan fingerprint density at radius 2 is 1.68 bits per heavy atom. The number of hydrogen-bond donors (Lipinski definition) is 1. The second-order valence-electron chi connectivity index (χ2n) is 5.41. The van der Waals surface area contributed by atoms with Crippen molar-refractivity contribution in [1.29, 1.82) is 0 Å². The van der Waals surface area contributed by atoms with Gasteiger partial charge in [0.1, 0.15) is 23.1 Å². The molecule has 0 aliphatic heterocycles. The van der Waals surface area contributed by atoms with Crippen LogP contribution in [0.1, 0.15) is 16.1 Å². The van der Waals surface area contributed by atoms with Crippen LogP contribution in [0.25, 0.3) is 5.69 Å². The number of amides is 1. The summed E-state index contributed by atoms with van der Waals surface area (Å²) in [5, 5.41) is 2.68. The molecule has 0 aliphatic carbocycles. The summed E-state index contributed by atoms with van der Waals surface area (Å²) >= 11 is 0. The first-order chi connectivity index (χ1) is 12.0. The largest absolute Gasteiger partial charge is 0.350 e. The molecule has 0 radical (unpaired) electrons. The van der Waals surface area contributed by atoms with Crippen molar-refractivity contribution >= 4 is 5.91 Å². The van der Waals surface area contributed by atoms with E-state index in [1.807, 2.05) is 0 Å². The summed E-state index contributed by atoms with van der Waals surface area (Å²) in [6.45, 7) is 0.205. The first-order valence-electron chi connectivity index (χ1n) is 7.54. The van der Waals surface area contributed by atoms with Crippen molar-refractivity contribution in [3.8, 4) is 5.69 Å². The molecule has 25 heavy (non-hydrogen) atoms. The predicted octanol–water partition coefficient (Wildman–Crippen LogP) is 3.26. The molecule has 128 valence electrons. The smallest absolute Gasteiger partial charge is 0.269 e. The van der Waals surface area contributed by atoms with E-state index in [2.05, 4.69) is 10.3 Å². The lowest BCUT2D eigenvalue weighted by Crippen LogP contribution is -2.27. The fourth-order valence-electron chi connectivity index (χ4n) is 2.44. The maximum atomic E-state index is 13.1. The van der Waals surface area contributed by atoms with Crippen molar-refractivity contribution in [3.05, 3.63) is 83.7 Å². The van der Waals surface area contributed by atoms with Crippen LogP contribution >= 0.6 is 0 Å². The first kappa shape index (κ1) is 16.8. The Hall–Kier alpha value is -3.09. The number of aromatic nitrogens is 2. The van der Waals surface area contributed by atoms with E-state index in [4.69, 9.17) is 0 Å². The van der Waals surface area contributed by atoms with Gasteiger partial charge in [0, 0.05) is 18.3 Å². The third-order valence-corrected chi connectivity index (χ3v) is 3.60. The van der Waals surface area contributed by atoms with E-state index >= 15 is 0 Å². The van der Waals surface area contributed by atoms with E-state index in [-0.39, 0.29) is 24.5 Å². The lowest BCUT2D eigenvalue weighted by Gasteiger charge is -2.09. The van der Waals surface area contributed by atoms with Crippen LogP contribution in [0.3, 0.4) is 0 Å². The molecule has 0 saturated carbocycles. The molecule has 0 fully saturated rings. The van der Waals surface area contributed by atoms with Gasteiger partial charge in [0.25, 0.3) is 5.91 Å².